The third-order valence-electron chi connectivity index (χ3n) is 4.52. The molecule has 0 fully saturated rings. The molecule has 32 heavy (non-hydrogen) atoms. The highest BCUT2D eigenvalue weighted by molar-refractivity contribution is 5.86. The lowest BCUT2D eigenvalue weighted by molar-refractivity contribution is -0.145. The number of hydrogen-bond acceptors (Lipinski definition) is 5. The van der Waals surface area contributed by atoms with Crippen molar-refractivity contribution in [3.63, 3.8) is 0 Å². The molecule has 8 heteroatoms. The zero-order valence-corrected chi connectivity index (χ0v) is 18.0. The van der Waals surface area contributed by atoms with Gasteiger partial charge in [-0.3, -0.25) is 30.0 Å². The van der Waals surface area contributed by atoms with E-state index in [1.165, 1.54) is 5.56 Å². The number of amides is 3. The average Bonchev–Trinajstić information content (AvgIpc) is 2.82. The van der Waals surface area contributed by atoms with Crippen molar-refractivity contribution in [3.8, 4) is 0 Å². The van der Waals surface area contributed by atoms with Gasteiger partial charge in [-0.25, -0.2) is 0 Å². The molecule has 0 unspecified atom stereocenters. The maximum atomic E-state index is 11.8. The Morgan fingerprint density at radius 3 is 1.81 bits per heavy atom. The highest BCUT2D eigenvalue weighted by Gasteiger charge is 2.10. The summed E-state index contributed by atoms with van der Waals surface area (Å²) in [6, 6.07) is 19.3. The van der Waals surface area contributed by atoms with Crippen molar-refractivity contribution in [2.24, 2.45) is 0 Å². The van der Waals surface area contributed by atoms with Gasteiger partial charge in [0.25, 0.3) is 0 Å². The smallest absolute Gasteiger partial charge is 0.306 e. The van der Waals surface area contributed by atoms with Gasteiger partial charge in [0, 0.05) is 25.8 Å². The van der Waals surface area contributed by atoms with Gasteiger partial charge >= 0.3 is 5.97 Å². The molecule has 0 aliphatic heterocycles. The summed E-state index contributed by atoms with van der Waals surface area (Å²) >= 11 is 0. The van der Waals surface area contributed by atoms with Gasteiger partial charge in [0.1, 0.15) is 0 Å². The quantitative estimate of drug-likeness (QED) is 0.267. The Labute approximate surface area is 187 Å². The molecule has 2 aromatic rings. The van der Waals surface area contributed by atoms with Gasteiger partial charge in [0.2, 0.25) is 17.7 Å². The molecule has 3 amide bonds. The van der Waals surface area contributed by atoms with Crippen LogP contribution in [0.15, 0.2) is 60.7 Å². The van der Waals surface area contributed by atoms with Crippen LogP contribution in [0.25, 0.3) is 0 Å². The number of nitrogens with one attached hydrogen (secondary N) is 3. The second-order valence-corrected chi connectivity index (χ2v) is 7.17. The fourth-order valence-corrected chi connectivity index (χ4v) is 2.77. The number of carbonyl (C=O) groups is 4. The molecule has 0 heterocycles. The summed E-state index contributed by atoms with van der Waals surface area (Å²) in [5, 5.41) is 2.72. The van der Waals surface area contributed by atoms with Crippen LogP contribution in [0.5, 0.6) is 0 Å². The SMILES string of the molecule is O=C(CCC(=O)NNC(=O)CCC(=O)OCCCc1ccccc1)NCc1ccccc1. The fraction of sp³-hybridized carbons (Fsp3) is 0.333. The maximum absolute atomic E-state index is 11.8. The first kappa shape index (κ1) is 24.6. The summed E-state index contributed by atoms with van der Waals surface area (Å²) in [5.74, 6) is -1.72. The van der Waals surface area contributed by atoms with Crippen LogP contribution in [0.4, 0.5) is 0 Å². The van der Waals surface area contributed by atoms with Crippen LogP contribution < -0.4 is 16.2 Å². The molecule has 0 saturated heterocycles. The second-order valence-electron chi connectivity index (χ2n) is 7.17. The molecule has 0 atom stereocenters. The van der Waals surface area contributed by atoms with Crippen LogP contribution in [-0.2, 0) is 36.9 Å². The Bertz CT molecular complexity index is 872. The standard InChI is InChI=1S/C24H29N3O5/c28-21(25-18-20-10-5-2-6-11-20)13-14-22(29)26-27-23(30)15-16-24(31)32-17-7-12-19-8-3-1-4-9-19/h1-6,8-11H,7,12-18H2,(H,25,28)(H,26,29)(H,27,30). The van der Waals surface area contributed by atoms with E-state index in [0.717, 1.165) is 12.0 Å². The van der Waals surface area contributed by atoms with Crippen LogP contribution in [0.3, 0.4) is 0 Å². The molecular formula is C24H29N3O5. The normalized spacial score (nSPS) is 10.1. The van der Waals surface area contributed by atoms with Gasteiger partial charge in [-0.05, 0) is 24.0 Å². The van der Waals surface area contributed by atoms with Gasteiger partial charge in [-0.15, -0.1) is 0 Å². The number of rotatable bonds is 12. The lowest BCUT2D eigenvalue weighted by atomic mass is 10.1. The molecular weight excluding hydrogens is 410 g/mol. The molecule has 170 valence electrons. The van der Waals surface area contributed by atoms with E-state index in [9.17, 15) is 19.2 Å². The van der Waals surface area contributed by atoms with Crippen molar-refractivity contribution in [2.75, 3.05) is 6.61 Å². The highest BCUT2D eigenvalue weighted by Crippen LogP contribution is 2.03. The van der Waals surface area contributed by atoms with Crippen molar-refractivity contribution in [2.45, 2.75) is 45.1 Å². The highest BCUT2D eigenvalue weighted by atomic mass is 16.5. The summed E-state index contributed by atoms with van der Waals surface area (Å²) in [5.41, 5.74) is 6.60. The van der Waals surface area contributed by atoms with E-state index in [0.29, 0.717) is 19.6 Å². The van der Waals surface area contributed by atoms with Crippen molar-refractivity contribution >= 4 is 23.7 Å². The summed E-state index contributed by atoms with van der Waals surface area (Å²) < 4.78 is 5.11. The third kappa shape index (κ3) is 10.9. The topological polar surface area (TPSA) is 114 Å². The van der Waals surface area contributed by atoms with Gasteiger partial charge < -0.3 is 10.1 Å². The minimum absolute atomic E-state index is 0.00381. The number of benzene rings is 2. The first-order chi connectivity index (χ1) is 15.5. The van der Waals surface area contributed by atoms with Crippen LogP contribution in [0, 0.1) is 0 Å². The molecule has 0 bridgehead atoms. The fourth-order valence-electron chi connectivity index (χ4n) is 2.77. The van der Waals surface area contributed by atoms with Crippen molar-refractivity contribution < 1.29 is 23.9 Å². The molecule has 2 aromatic carbocycles. The first-order valence-corrected chi connectivity index (χ1v) is 10.6. The number of aryl methyl sites for hydroxylation is 1. The summed E-state index contributed by atoms with van der Waals surface area (Å²) in [7, 11) is 0. The predicted octanol–water partition coefficient (Wildman–Crippen LogP) is 2.19. The Balaban J connectivity index is 1.48. The minimum atomic E-state index is -0.506. The summed E-state index contributed by atoms with van der Waals surface area (Å²) in [6.07, 6.45) is 1.28. The molecule has 0 aromatic heterocycles. The van der Waals surface area contributed by atoms with Crippen LogP contribution in [0.2, 0.25) is 0 Å². The lowest BCUT2D eigenvalue weighted by Crippen LogP contribution is -2.42. The second kappa shape index (κ2) is 14.3. The Kier molecular flexibility index (Phi) is 11.0. The van der Waals surface area contributed by atoms with E-state index < -0.39 is 17.8 Å². The van der Waals surface area contributed by atoms with Crippen molar-refractivity contribution in [1.29, 1.82) is 0 Å². The predicted molar refractivity (Wildman–Crippen MR) is 119 cm³/mol. The first-order valence-electron chi connectivity index (χ1n) is 10.6. The minimum Gasteiger partial charge on any atom is -0.466 e. The van der Waals surface area contributed by atoms with E-state index in [2.05, 4.69) is 16.2 Å². The zero-order chi connectivity index (χ0) is 23.0. The maximum Gasteiger partial charge on any atom is 0.306 e. The summed E-state index contributed by atoms with van der Waals surface area (Å²) in [6.45, 7) is 0.679. The van der Waals surface area contributed by atoms with Crippen molar-refractivity contribution in [3.05, 3.63) is 71.8 Å². The third-order valence-corrected chi connectivity index (χ3v) is 4.52. The van der Waals surface area contributed by atoms with Crippen LogP contribution in [0.1, 0.15) is 43.2 Å². The van der Waals surface area contributed by atoms with Crippen LogP contribution >= 0.6 is 0 Å². The molecule has 0 saturated carbocycles. The van der Waals surface area contributed by atoms with E-state index >= 15 is 0 Å². The van der Waals surface area contributed by atoms with Gasteiger partial charge in [-0.1, -0.05) is 60.7 Å². The zero-order valence-electron chi connectivity index (χ0n) is 18.0. The van der Waals surface area contributed by atoms with Gasteiger partial charge in [0.15, 0.2) is 0 Å². The van der Waals surface area contributed by atoms with Gasteiger partial charge in [0.05, 0.1) is 13.0 Å². The molecule has 0 spiro atoms. The lowest BCUT2D eigenvalue weighted by Gasteiger charge is -2.08. The molecule has 0 aliphatic rings. The van der Waals surface area contributed by atoms with E-state index in [4.69, 9.17) is 4.74 Å². The van der Waals surface area contributed by atoms with E-state index in [1.54, 1.807) is 0 Å². The molecule has 0 radical (unpaired) electrons. The molecule has 0 aliphatic carbocycles. The van der Waals surface area contributed by atoms with Gasteiger partial charge in [-0.2, -0.15) is 0 Å². The number of esters is 1. The Morgan fingerprint density at radius 1 is 0.656 bits per heavy atom. The number of carbonyl (C=O) groups excluding carboxylic acids is 4. The molecule has 2 rings (SSSR count). The average molecular weight is 440 g/mol. The van der Waals surface area contributed by atoms with E-state index in [-0.39, 0.29) is 31.6 Å². The number of ether oxygens (including phenoxy) is 1. The summed E-state index contributed by atoms with van der Waals surface area (Å²) in [4.78, 5) is 47.0. The monoisotopic (exact) mass is 439 g/mol. The van der Waals surface area contributed by atoms with E-state index in [1.807, 2.05) is 60.7 Å². The Morgan fingerprint density at radius 2 is 1.19 bits per heavy atom. The largest absolute Gasteiger partial charge is 0.466 e. The number of hydrazine groups is 1. The van der Waals surface area contributed by atoms with Crippen LogP contribution in [-0.4, -0.2) is 30.3 Å². The molecule has 8 nitrogen and oxygen atoms in total. The van der Waals surface area contributed by atoms with Crippen molar-refractivity contribution in [1.82, 2.24) is 16.2 Å². The Hall–Kier alpha value is -3.68. The molecule has 3 N–H and O–H groups in total. The number of hydrogen-bond donors (Lipinski definition) is 3.